The van der Waals surface area contributed by atoms with Gasteiger partial charge in [-0.2, -0.15) is 5.10 Å². The number of urea groups is 1. The molecule has 1 atom stereocenters. The van der Waals surface area contributed by atoms with Gasteiger partial charge in [-0.1, -0.05) is 11.3 Å². The van der Waals surface area contributed by atoms with Crippen LogP contribution < -0.4 is 10.0 Å². The maximum Gasteiger partial charge on any atom is 0.408 e. The molecule has 2 aromatic rings. The van der Waals surface area contributed by atoms with Crippen LogP contribution in [0.2, 0.25) is 6.82 Å². The lowest BCUT2D eigenvalue weighted by molar-refractivity contribution is 0.101. The SMILES string of the molecule is CB(O)Nc1ncc(C(=O)N([B]C=O)c2ccn(C3=CC4CN(C3)C(=O)N4C)n2)s1. The molecule has 0 aromatic carbocycles. The zero-order valence-electron chi connectivity index (χ0n) is 16.3. The Morgan fingerprint density at radius 3 is 3.03 bits per heavy atom. The van der Waals surface area contributed by atoms with Crippen molar-refractivity contribution in [1.29, 1.82) is 0 Å². The first kappa shape index (κ1) is 20.2. The van der Waals surface area contributed by atoms with Crippen LogP contribution in [0.4, 0.5) is 15.7 Å². The zero-order valence-corrected chi connectivity index (χ0v) is 17.1. The van der Waals surface area contributed by atoms with Gasteiger partial charge in [-0.3, -0.25) is 4.79 Å². The van der Waals surface area contributed by atoms with Gasteiger partial charge in [0.25, 0.3) is 5.91 Å². The number of likely N-dealkylation sites (N-methyl/N-ethyl adjacent to an activating group) is 1. The molecule has 0 saturated carbocycles. The van der Waals surface area contributed by atoms with Gasteiger partial charge < -0.3 is 29.7 Å². The van der Waals surface area contributed by atoms with Crippen molar-refractivity contribution in [1.82, 2.24) is 24.6 Å². The van der Waals surface area contributed by atoms with Crippen molar-refractivity contribution in [2.45, 2.75) is 12.9 Å². The number of hydrogen-bond acceptors (Lipinski definition) is 8. The summed E-state index contributed by atoms with van der Waals surface area (Å²) in [5, 5.41) is 16.9. The number of hydrogen-bond donors (Lipinski definition) is 2. The van der Waals surface area contributed by atoms with Gasteiger partial charge in [0.15, 0.2) is 5.13 Å². The fourth-order valence-electron chi connectivity index (χ4n) is 3.36. The van der Waals surface area contributed by atoms with Crippen LogP contribution in [-0.2, 0) is 4.79 Å². The number of anilines is 2. The maximum atomic E-state index is 12.9. The maximum absolute atomic E-state index is 12.9. The summed E-state index contributed by atoms with van der Waals surface area (Å²) in [5.41, 5.74) is 0.815. The summed E-state index contributed by atoms with van der Waals surface area (Å²) in [4.78, 5) is 45.1. The van der Waals surface area contributed by atoms with E-state index in [0.717, 1.165) is 29.3 Å². The third-order valence-electron chi connectivity index (χ3n) is 4.81. The van der Waals surface area contributed by atoms with Crippen LogP contribution in [0, 0.1) is 0 Å². The highest BCUT2D eigenvalue weighted by atomic mass is 32.1. The van der Waals surface area contributed by atoms with Crippen LogP contribution in [0.3, 0.4) is 0 Å². The van der Waals surface area contributed by atoms with Crippen molar-refractivity contribution >= 4 is 60.6 Å². The predicted octanol–water partition coefficient (Wildman–Crippen LogP) is -0.0915. The van der Waals surface area contributed by atoms with Crippen molar-refractivity contribution < 1.29 is 19.4 Å². The van der Waals surface area contributed by atoms with Gasteiger partial charge in [0.05, 0.1) is 24.5 Å². The van der Waals surface area contributed by atoms with Gasteiger partial charge >= 0.3 is 20.5 Å². The number of aromatic nitrogens is 3. The quantitative estimate of drug-likeness (QED) is 0.469. The van der Waals surface area contributed by atoms with E-state index >= 15 is 0 Å². The van der Waals surface area contributed by atoms with Gasteiger partial charge in [-0.15, -0.1) is 0 Å². The summed E-state index contributed by atoms with van der Waals surface area (Å²) in [5.74, 6) is -0.209. The number of amides is 3. The number of nitrogens with one attached hydrogen (secondary N) is 1. The monoisotopic (exact) mass is 426 g/mol. The Morgan fingerprint density at radius 1 is 1.53 bits per heavy atom. The number of fused-ring (bicyclic) bond motifs is 2. The van der Waals surface area contributed by atoms with Crippen molar-refractivity contribution in [3.05, 3.63) is 29.4 Å². The number of carbonyl (C=O) groups excluding carboxylic acids is 3. The summed E-state index contributed by atoms with van der Waals surface area (Å²) < 4.78 is 1.60. The van der Waals surface area contributed by atoms with Gasteiger partial charge in [0.1, 0.15) is 16.9 Å². The van der Waals surface area contributed by atoms with E-state index in [9.17, 15) is 19.4 Å². The summed E-state index contributed by atoms with van der Waals surface area (Å²) in [6.07, 6.45) is 5.54. The second-order valence-electron chi connectivity index (χ2n) is 6.93. The Balaban J connectivity index is 1.56. The minimum absolute atomic E-state index is 0.0230. The van der Waals surface area contributed by atoms with Gasteiger partial charge in [0.2, 0.25) is 0 Å². The van der Waals surface area contributed by atoms with Gasteiger partial charge in [-0.25, -0.2) is 14.5 Å². The second-order valence-corrected chi connectivity index (χ2v) is 7.96. The van der Waals surface area contributed by atoms with Crippen LogP contribution in [0.15, 0.2) is 24.5 Å². The van der Waals surface area contributed by atoms with E-state index in [4.69, 9.17) is 0 Å². The first-order chi connectivity index (χ1) is 14.4. The molecule has 3 amide bonds. The van der Waals surface area contributed by atoms with Crippen LogP contribution in [0.25, 0.3) is 5.70 Å². The highest BCUT2D eigenvalue weighted by Gasteiger charge is 2.38. The molecule has 14 heteroatoms. The summed E-state index contributed by atoms with van der Waals surface area (Å²) in [6.45, 7) is 2.59. The Morgan fingerprint density at radius 2 is 2.33 bits per heavy atom. The molecular formula is C16H18B2N7O4S. The molecule has 2 N–H and O–H groups in total. The van der Waals surface area contributed by atoms with Gasteiger partial charge in [0, 0.05) is 25.9 Å². The first-order valence-corrected chi connectivity index (χ1v) is 10.00. The first-order valence-electron chi connectivity index (χ1n) is 9.18. The van der Waals surface area contributed by atoms with E-state index in [1.54, 1.807) is 33.8 Å². The molecule has 1 saturated heterocycles. The number of nitrogens with zero attached hydrogens (tertiary/aromatic N) is 6. The molecule has 30 heavy (non-hydrogen) atoms. The molecule has 1 radical (unpaired) electrons. The number of rotatable bonds is 7. The van der Waals surface area contributed by atoms with Crippen molar-refractivity contribution in [3.8, 4) is 0 Å². The van der Waals surface area contributed by atoms with E-state index in [-0.39, 0.29) is 22.8 Å². The van der Waals surface area contributed by atoms with Crippen molar-refractivity contribution in [3.63, 3.8) is 0 Å². The van der Waals surface area contributed by atoms with E-state index in [1.165, 1.54) is 13.0 Å². The summed E-state index contributed by atoms with van der Waals surface area (Å²) >= 11 is 1.06. The molecule has 153 valence electrons. The minimum Gasteiger partial charge on any atom is -0.433 e. The van der Waals surface area contributed by atoms with Crippen LogP contribution in [0.5, 0.6) is 0 Å². The fraction of sp³-hybridized carbons (Fsp3) is 0.312. The molecule has 2 aliphatic rings. The van der Waals surface area contributed by atoms with E-state index in [1.807, 2.05) is 6.08 Å². The lowest BCUT2D eigenvalue weighted by Crippen LogP contribution is -2.35. The van der Waals surface area contributed by atoms with Crippen LogP contribution in [0.1, 0.15) is 9.67 Å². The fourth-order valence-corrected chi connectivity index (χ4v) is 4.19. The third-order valence-corrected chi connectivity index (χ3v) is 5.73. The van der Waals surface area contributed by atoms with Crippen LogP contribution in [-0.4, -0.2) is 88.4 Å². The Bertz CT molecular complexity index is 1020. The third kappa shape index (κ3) is 3.71. The molecule has 1 fully saturated rings. The van der Waals surface area contributed by atoms with Crippen molar-refractivity contribution in [2.75, 3.05) is 30.2 Å². The largest absolute Gasteiger partial charge is 0.433 e. The average Bonchev–Trinajstić information content (AvgIpc) is 3.43. The molecule has 2 aliphatic heterocycles. The van der Waals surface area contributed by atoms with Gasteiger partial charge in [-0.05, 0) is 12.9 Å². The highest BCUT2D eigenvalue weighted by Crippen LogP contribution is 2.26. The molecular weight excluding hydrogens is 408 g/mol. The molecule has 1 unspecified atom stereocenters. The average molecular weight is 426 g/mol. The normalized spacial score (nSPS) is 17.6. The highest BCUT2D eigenvalue weighted by molar-refractivity contribution is 7.18. The van der Waals surface area contributed by atoms with E-state index in [2.05, 4.69) is 15.3 Å². The Kier molecular flexibility index (Phi) is 5.35. The molecule has 2 aromatic heterocycles. The topological polar surface area (TPSA) is 124 Å². The standard InChI is InChI=1S/C16H18B2N7O4S/c1-18(29)20-15-19-6-12(30-15)14(27)25(17-9-26)13-3-4-24(21-13)11-5-10-7-23(8-11)16(28)22(10)2/h3-6,9-10,29H,7-8H2,1-2H3,(H,19,20). The van der Waals surface area contributed by atoms with Crippen LogP contribution >= 0.6 is 11.3 Å². The summed E-state index contributed by atoms with van der Waals surface area (Å²) in [7, 11) is 2.04. The molecule has 2 bridgehead atoms. The molecule has 0 aliphatic carbocycles. The smallest absolute Gasteiger partial charge is 0.408 e. The summed E-state index contributed by atoms with van der Waals surface area (Å²) in [6, 6.07) is 1.56. The second kappa shape index (κ2) is 7.95. The molecule has 11 nitrogen and oxygen atoms in total. The number of carbonyl (C=O) groups is 3. The zero-order chi connectivity index (χ0) is 21.4. The van der Waals surface area contributed by atoms with Crippen molar-refractivity contribution in [2.24, 2.45) is 0 Å². The molecule has 4 heterocycles. The Labute approximate surface area is 177 Å². The Hall–Kier alpha value is -3.12. The van der Waals surface area contributed by atoms with E-state index < -0.39 is 13.0 Å². The lowest BCUT2D eigenvalue weighted by atomic mass is 9.90. The minimum atomic E-state index is -0.812. The van der Waals surface area contributed by atoms with E-state index in [0.29, 0.717) is 24.4 Å². The molecule has 4 rings (SSSR count). The molecule has 0 spiro atoms. The number of thiazole rings is 1. The lowest BCUT2D eigenvalue weighted by Gasteiger charge is -2.21. The predicted molar refractivity (Wildman–Crippen MR) is 114 cm³/mol.